The predicted molar refractivity (Wildman–Crippen MR) is 108 cm³/mol. The van der Waals surface area contributed by atoms with Crippen molar-refractivity contribution < 1.29 is 13.2 Å². The van der Waals surface area contributed by atoms with Crippen LogP contribution in [0.3, 0.4) is 0 Å². The number of benzene rings is 2. The molecule has 0 aliphatic carbocycles. The van der Waals surface area contributed by atoms with E-state index in [0.717, 1.165) is 22.7 Å². The molecule has 0 radical (unpaired) electrons. The van der Waals surface area contributed by atoms with Crippen LogP contribution in [0.5, 0.6) is 5.75 Å². The lowest BCUT2D eigenvalue weighted by molar-refractivity contribution is 0.384. The van der Waals surface area contributed by atoms with E-state index in [4.69, 9.17) is 4.74 Å². The van der Waals surface area contributed by atoms with Gasteiger partial charge in [-0.1, -0.05) is 6.07 Å². The molecule has 10 heteroatoms. The number of hydrogen-bond acceptors (Lipinski definition) is 7. The summed E-state index contributed by atoms with van der Waals surface area (Å²) in [7, 11) is -1.93. The molecule has 1 aliphatic rings. The first-order valence-corrected chi connectivity index (χ1v) is 10.7. The van der Waals surface area contributed by atoms with Crippen LogP contribution in [0.4, 0.5) is 5.69 Å². The Morgan fingerprint density at radius 1 is 1.03 bits per heavy atom. The molecule has 0 amide bonds. The molecule has 3 aromatic rings. The molecule has 1 fully saturated rings. The maximum absolute atomic E-state index is 13.1. The summed E-state index contributed by atoms with van der Waals surface area (Å²) >= 11 is 0. The molecule has 0 N–H and O–H groups in total. The molecule has 0 bridgehead atoms. The van der Waals surface area contributed by atoms with Crippen molar-refractivity contribution >= 4 is 15.7 Å². The van der Waals surface area contributed by atoms with E-state index in [0.29, 0.717) is 26.2 Å². The lowest BCUT2D eigenvalue weighted by Gasteiger charge is -2.35. The maximum Gasteiger partial charge on any atom is 0.243 e. The highest BCUT2D eigenvalue weighted by Gasteiger charge is 2.29. The topological polar surface area (TPSA) is 93.5 Å². The van der Waals surface area contributed by atoms with Gasteiger partial charge in [0.1, 0.15) is 12.1 Å². The second kappa shape index (κ2) is 7.80. The Bertz CT molecular complexity index is 1090. The summed E-state index contributed by atoms with van der Waals surface area (Å²) in [5.41, 5.74) is 2.56. The Morgan fingerprint density at radius 2 is 1.83 bits per heavy atom. The van der Waals surface area contributed by atoms with Gasteiger partial charge in [0, 0.05) is 37.9 Å². The van der Waals surface area contributed by atoms with Gasteiger partial charge in [-0.15, -0.1) is 5.10 Å². The molecule has 152 valence electrons. The normalized spacial score (nSPS) is 15.4. The monoisotopic (exact) mass is 414 g/mol. The van der Waals surface area contributed by atoms with Gasteiger partial charge in [0.15, 0.2) is 0 Å². The number of nitrogens with zero attached hydrogens (tertiary/aromatic N) is 6. The second-order valence-electron chi connectivity index (χ2n) is 6.80. The number of methoxy groups -OCH3 is 1. The van der Waals surface area contributed by atoms with Crippen molar-refractivity contribution in [1.29, 1.82) is 0 Å². The zero-order valence-electron chi connectivity index (χ0n) is 16.3. The first kappa shape index (κ1) is 19.3. The third-order valence-corrected chi connectivity index (χ3v) is 6.95. The number of aryl methyl sites for hydroxylation is 1. The molecule has 1 aromatic heterocycles. The summed E-state index contributed by atoms with van der Waals surface area (Å²) in [6, 6.07) is 12.8. The summed E-state index contributed by atoms with van der Waals surface area (Å²) < 4.78 is 34.6. The van der Waals surface area contributed by atoms with Crippen LogP contribution in [-0.4, -0.2) is 66.2 Å². The number of rotatable bonds is 5. The lowest BCUT2D eigenvalue weighted by atomic mass is 10.2. The molecule has 2 aromatic carbocycles. The van der Waals surface area contributed by atoms with Crippen LogP contribution in [0.1, 0.15) is 5.56 Å². The van der Waals surface area contributed by atoms with Crippen molar-refractivity contribution in [1.82, 2.24) is 24.5 Å². The zero-order chi connectivity index (χ0) is 20.4. The van der Waals surface area contributed by atoms with Crippen molar-refractivity contribution in [2.45, 2.75) is 11.8 Å². The maximum atomic E-state index is 13.1. The van der Waals surface area contributed by atoms with Crippen LogP contribution in [-0.2, 0) is 10.0 Å². The smallest absolute Gasteiger partial charge is 0.243 e. The van der Waals surface area contributed by atoms with E-state index < -0.39 is 10.0 Å². The number of ether oxygens (including phenoxy) is 1. The van der Waals surface area contributed by atoms with E-state index in [-0.39, 0.29) is 4.90 Å². The largest absolute Gasteiger partial charge is 0.497 e. The Hall–Kier alpha value is -2.98. The molecule has 0 atom stereocenters. The van der Waals surface area contributed by atoms with Gasteiger partial charge in [0.2, 0.25) is 10.0 Å². The van der Waals surface area contributed by atoms with Gasteiger partial charge in [0.25, 0.3) is 0 Å². The van der Waals surface area contributed by atoms with Gasteiger partial charge in [-0.05, 0) is 53.2 Å². The minimum Gasteiger partial charge on any atom is -0.497 e. The molecule has 0 saturated carbocycles. The highest BCUT2D eigenvalue weighted by atomic mass is 32.2. The molecule has 2 heterocycles. The van der Waals surface area contributed by atoms with Crippen molar-refractivity contribution in [2.24, 2.45) is 0 Å². The summed E-state index contributed by atoms with van der Waals surface area (Å²) in [6.07, 6.45) is 1.48. The first-order chi connectivity index (χ1) is 14.0. The van der Waals surface area contributed by atoms with E-state index in [1.54, 1.807) is 25.3 Å². The van der Waals surface area contributed by atoms with E-state index >= 15 is 0 Å². The van der Waals surface area contributed by atoms with Gasteiger partial charge in [-0.3, -0.25) is 0 Å². The predicted octanol–water partition coefficient (Wildman–Crippen LogP) is 1.49. The molecule has 4 rings (SSSR count). The van der Waals surface area contributed by atoms with Gasteiger partial charge in [0.05, 0.1) is 17.7 Å². The Balaban J connectivity index is 1.49. The van der Waals surface area contributed by atoms with Crippen LogP contribution in [0.15, 0.2) is 53.7 Å². The van der Waals surface area contributed by atoms with E-state index in [9.17, 15) is 8.42 Å². The summed E-state index contributed by atoms with van der Waals surface area (Å²) in [5.74, 6) is 0.788. The summed E-state index contributed by atoms with van der Waals surface area (Å²) in [4.78, 5) is 2.45. The minimum atomic E-state index is -3.57. The standard InChI is InChI=1S/C19H22N6O3S/c1-15-12-18(6-7-19(15)25-14-20-21-22-25)29(26,27)24-10-8-23(9-11-24)16-4-3-5-17(13-16)28-2/h3-7,12-14H,8-11H2,1-2H3. The molecule has 1 aliphatic heterocycles. The number of sulfonamides is 1. The first-order valence-electron chi connectivity index (χ1n) is 9.22. The van der Waals surface area contributed by atoms with E-state index in [1.165, 1.54) is 15.3 Å². The molecule has 1 saturated heterocycles. The van der Waals surface area contributed by atoms with E-state index in [2.05, 4.69) is 20.4 Å². The highest BCUT2D eigenvalue weighted by molar-refractivity contribution is 7.89. The fourth-order valence-corrected chi connectivity index (χ4v) is 4.97. The van der Waals surface area contributed by atoms with Gasteiger partial charge < -0.3 is 9.64 Å². The van der Waals surface area contributed by atoms with Crippen molar-refractivity contribution in [2.75, 3.05) is 38.2 Å². The third kappa shape index (κ3) is 3.81. The average Bonchev–Trinajstić information content (AvgIpc) is 3.28. The fraction of sp³-hybridized carbons (Fsp3) is 0.316. The van der Waals surface area contributed by atoms with Crippen LogP contribution in [0.2, 0.25) is 0 Å². The molecule has 0 unspecified atom stereocenters. The fourth-order valence-electron chi connectivity index (χ4n) is 3.46. The van der Waals surface area contributed by atoms with Crippen LogP contribution < -0.4 is 9.64 Å². The van der Waals surface area contributed by atoms with Crippen molar-refractivity contribution in [3.05, 3.63) is 54.4 Å². The van der Waals surface area contributed by atoms with Crippen LogP contribution >= 0.6 is 0 Å². The zero-order valence-corrected chi connectivity index (χ0v) is 17.1. The minimum absolute atomic E-state index is 0.279. The lowest BCUT2D eigenvalue weighted by Crippen LogP contribution is -2.48. The Kier molecular flexibility index (Phi) is 5.20. The van der Waals surface area contributed by atoms with Gasteiger partial charge >= 0.3 is 0 Å². The summed E-state index contributed by atoms with van der Waals surface area (Å²) in [5, 5.41) is 11.1. The Labute approximate surface area is 169 Å². The molecule has 9 nitrogen and oxygen atoms in total. The molecular formula is C19H22N6O3S. The quantitative estimate of drug-likeness (QED) is 0.624. The third-order valence-electron chi connectivity index (χ3n) is 5.06. The van der Waals surface area contributed by atoms with E-state index in [1.807, 2.05) is 31.2 Å². The SMILES string of the molecule is COc1cccc(N2CCN(S(=O)(=O)c3ccc(-n4cnnn4)c(C)c3)CC2)c1. The molecule has 29 heavy (non-hydrogen) atoms. The van der Waals surface area contributed by atoms with Gasteiger partial charge in [-0.2, -0.15) is 4.31 Å². The van der Waals surface area contributed by atoms with Crippen LogP contribution in [0, 0.1) is 6.92 Å². The van der Waals surface area contributed by atoms with Crippen molar-refractivity contribution in [3.63, 3.8) is 0 Å². The summed E-state index contributed by atoms with van der Waals surface area (Å²) in [6.45, 7) is 3.93. The average molecular weight is 414 g/mol. The Morgan fingerprint density at radius 3 is 2.48 bits per heavy atom. The number of aromatic nitrogens is 4. The van der Waals surface area contributed by atoms with Crippen LogP contribution in [0.25, 0.3) is 5.69 Å². The molecule has 0 spiro atoms. The second-order valence-corrected chi connectivity index (χ2v) is 8.73. The van der Waals surface area contributed by atoms with Crippen molar-refractivity contribution in [3.8, 4) is 11.4 Å². The highest BCUT2D eigenvalue weighted by Crippen LogP contribution is 2.25. The number of anilines is 1. The number of piperazine rings is 1. The number of tetrazole rings is 1. The number of hydrogen-bond donors (Lipinski definition) is 0. The molecular weight excluding hydrogens is 392 g/mol. The van der Waals surface area contributed by atoms with Gasteiger partial charge in [-0.25, -0.2) is 13.1 Å².